The first-order valence-corrected chi connectivity index (χ1v) is 10.4. The molecule has 142 valence electrons. The highest BCUT2D eigenvalue weighted by molar-refractivity contribution is 7.15. The summed E-state index contributed by atoms with van der Waals surface area (Å²) in [6.45, 7) is 2.00. The number of pyridine rings is 2. The van der Waals surface area contributed by atoms with Crippen LogP contribution in [0.4, 0.5) is 10.9 Å². The molecule has 0 aliphatic heterocycles. The van der Waals surface area contributed by atoms with E-state index in [1.807, 2.05) is 43.2 Å². The van der Waals surface area contributed by atoms with Crippen LogP contribution in [0.15, 0.2) is 30.6 Å². The largest absolute Gasteiger partial charge is 0.315 e. The summed E-state index contributed by atoms with van der Waals surface area (Å²) in [6, 6.07) is 5.96. The van der Waals surface area contributed by atoms with Gasteiger partial charge in [0.25, 0.3) is 0 Å². The fourth-order valence-electron chi connectivity index (χ4n) is 3.84. The summed E-state index contributed by atoms with van der Waals surface area (Å²) in [5, 5.41) is 18.3. The highest BCUT2D eigenvalue weighted by atomic mass is 32.1. The average Bonchev–Trinajstić information content (AvgIpc) is 3.42. The van der Waals surface area contributed by atoms with Crippen LogP contribution in [0.25, 0.3) is 22.2 Å². The van der Waals surface area contributed by atoms with Gasteiger partial charge in [0.05, 0.1) is 16.7 Å². The summed E-state index contributed by atoms with van der Waals surface area (Å²) in [5.74, 6) is 1.33. The molecule has 0 unspecified atom stereocenters. The summed E-state index contributed by atoms with van der Waals surface area (Å²) < 4.78 is 1.82. The molecular weight excluding hydrogens is 370 g/mol. The maximum Gasteiger partial charge on any atom is 0.211 e. The van der Waals surface area contributed by atoms with Crippen LogP contribution in [0, 0.1) is 6.92 Å². The molecule has 5 rings (SSSR count). The molecule has 1 saturated carbocycles. The first-order valence-electron chi connectivity index (χ1n) is 9.53. The summed E-state index contributed by atoms with van der Waals surface area (Å²) in [5.41, 5.74) is 4.77. The third-order valence-electron chi connectivity index (χ3n) is 5.24. The van der Waals surface area contributed by atoms with Gasteiger partial charge in [-0.3, -0.25) is 9.67 Å². The average molecular weight is 392 g/mol. The van der Waals surface area contributed by atoms with E-state index in [4.69, 9.17) is 4.98 Å². The molecule has 4 heterocycles. The van der Waals surface area contributed by atoms with Crippen LogP contribution >= 0.6 is 11.3 Å². The number of fused-ring (bicyclic) bond motifs is 1. The molecule has 0 bridgehead atoms. The van der Waals surface area contributed by atoms with Gasteiger partial charge in [-0.25, -0.2) is 4.98 Å². The van der Waals surface area contributed by atoms with E-state index in [1.54, 1.807) is 11.3 Å². The SMILES string of the molecule is Cc1nn(C)cc1-c1cnc2ccc(Nc3nnc(C4CCCC4)s3)nc2c1. The Hall–Kier alpha value is -2.87. The van der Waals surface area contributed by atoms with Crippen LogP contribution < -0.4 is 5.32 Å². The zero-order valence-electron chi connectivity index (χ0n) is 15.9. The molecule has 0 spiro atoms. The highest BCUT2D eigenvalue weighted by Crippen LogP contribution is 2.37. The predicted molar refractivity (Wildman–Crippen MR) is 111 cm³/mol. The zero-order chi connectivity index (χ0) is 19.1. The summed E-state index contributed by atoms with van der Waals surface area (Å²) >= 11 is 1.64. The molecule has 7 nitrogen and oxygen atoms in total. The van der Waals surface area contributed by atoms with Gasteiger partial charge in [0, 0.05) is 36.5 Å². The van der Waals surface area contributed by atoms with Crippen LogP contribution in [-0.4, -0.2) is 29.9 Å². The first-order chi connectivity index (χ1) is 13.7. The Bertz CT molecular complexity index is 1140. The summed E-state index contributed by atoms with van der Waals surface area (Å²) in [6.07, 6.45) is 8.93. The Kier molecular flexibility index (Phi) is 4.27. The van der Waals surface area contributed by atoms with Crippen molar-refractivity contribution in [2.45, 2.75) is 38.5 Å². The molecule has 1 aliphatic rings. The van der Waals surface area contributed by atoms with Crippen molar-refractivity contribution in [1.82, 2.24) is 29.9 Å². The number of aryl methyl sites for hydroxylation is 2. The Labute approximate surface area is 166 Å². The van der Waals surface area contributed by atoms with Crippen LogP contribution in [0.1, 0.15) is 42.3 Å². The van der Waals surface area contributed by atoms with E-state index in [9.17, 15) is 0 Å². The van der Waals surface area contributed by atoms with E-state index in [-0.39, 0.29) is 0 Å². The van der Waals surface area contributed by atoms with Gasteiger partial charge in [0.1, 0.15) is 10.8 Å². The van der Waals surface area contributed by atoms with Crippen molar-refractivity contribution in [1.29, 1.82) is 0 Å². The predicted octanol–water partition coefficient (Wildman–Crippen LogP) is 4.59. The van der Waals surface area contributed by atoms with Gasteiger partial charge >= 0.3 is 0 Å². The van der Waals surface area contributed by atoms with Crippen molar-refractivity contribution in [3.63, 3.8) is 0 Å². The molecule has 1 fully saturated rings. The molecule has 1 aliphatic carbocycles. The van der Waals surface area contributed by atoms with Crippen molar-refractivity contribution in [2.24, 2.45) is 7.05 Å². The summed E-state index contributed by atoms with van der Waals surface area (Å²) in [7, 11) is 1.92. The molecule has 0 amide bonds. The maximum absolute atomic E-state index is 4.74. The van der Waals surface area contributed by atoms with E-state index in [0.717, 1.165) is 43.8 Å². The van der Waals surface area contributed by atoms with Gasteiger partial charge in [0.2, 0.25) is 5.13 Å². The van der Waals surface area contributed by atoms with Crippen molar-refractivity contribution < 1.29 is 0 Å². The lowest BCUT2D eigenvalue weighted by Gasteiger charge is -2.05. The number of rotatable bonds is 4. The van der Waals surface area contributed by atoms with Gasteiger partial charge in [-0.2, -0.15) is 5.10 Å². The number of anilines is 2. The Morgan fingerprint density at radius 2 is 2.00 bits per heavy atom. The minimum atomic E-state index is 0.576. The number of aromatic nitrogens is 6. The lowest BCUT2D eigenvalue weighted by atomic mass is 10.1. The quantitative estimate of drug-likeness (QED) is 0.548. The molecule has 0 radical (unpaired) electrons. The van der Waals surface area contributed by atoms with Crippen LogP contribution in [0.3, 0.4) is 0 Å². The van der Waals surface area contributed by atoms with E-state index in [1.165, 1.54) is 25.7 Å². The molecule has 0 aromatic carbocycles. The van der Waals surface area contributed by atoms with E-state index in [2.05, 4.69) is 31.7 Å². The van der Waals surface area contributed by atoms with Gasteiger partial charge in [0.15, 0.2) is 0 Å². The normalized spacial score (nSPS) is 14.8. The fourth-order valence-corrected chi connectivity index (χ4v) is 4.76. The number of nitrogens with one attached hydrogen (secondary N) is 1. The molecule has 1 N–H and O–H groups in total. The highest BCUT2D eigenvalue weighted by Gasteiger charge is 2.21. The van der Waals surface area contributed by atoms with E-state index >= 15 is 0 Å². The zero-order valence-corrected chi connectivity index (χ0v) is 16.7. The Balaban J connectivity index is 1.43. The van der Waals surface area contributed by atoms with Gasteiger partial charge in [-0.15, -0.1) is 10.2 Å². The van der Waals surface area contributed by atoms with Crippen LogP contribution in [0.2, 0.25) is 0 Å². The smallest absolute Gasteiger partial charge is 0.211 e. The summed E-state index contributed by atoms with van der Waals surface area (Å²) in [4.78, 5) is 9.30. The first kappa shape index (κ1) is 17.2. The van der Waals surface area contributed by atoms with Crippen molar-refractivity contribution >= 4 is 33.3 Å². The van der Waals surface area contributed by atoms with Crippen LogP contribution in [-0.2, 0) is 7.05 Å². The van der Waals surface area contributed by atoms with Crippen molar-refractivity contribution in [2.75, 3.05) is 5.32 Å². The second kappa shape index (κ2) is 6.94. The minimum Gasteiger partial charge on any atom is -0.315 e. The van der Waals surface area contributed by atoms with E-state index < -0.39 is 0 Å². The minimum absolute atomic E-state index is 0.576. The van der Waals surface area contributed by atoms with Crippen molar-refractivity contribution in [3.8, 4) is 11.1 Å². The number of nitrogens with zero attached hydrogens (tertiary/aromatic N) is 6. The molecule has 4 aromatic rings. The molecular formula is C20H21N7S. The van der Waals surface area contributed by atoms with Gasteiger partial charge in [-0.1, -0.05) is 24.2 Å². The fraction of sp³-hybridized carbons (Fsp3) is 0.350. The monoisotopic (exact) mass is 391 g/mol. The lowest BCUT2D eigenvalue weighted by Crippen LogP contribution is -1.94. The van der Waals surface area contributed by atoms with Gasteiger partial charge in [-0.05, 0) is 38.0 Å². The molecule has 8 heteroatoms. The third-order valence-corrected chi connectivity index (χ3v) is 6.24. The van der Waals surface area contributed by atoms with E-state index in [0.29, 0.717) is 5.92 Å². The molecule has 28 heavy (non-hydrogen) atoms. The Morgan fingerprint density at radius 3 is 2.79 bits per heavy atom. The van der Waals surface area contributed by atoms with Crippen LogP contribution in [0.5, 0.6) is 0 Å². The van der Waals surface area contributed by atoms with Crippen molar-refractivity contribution in [3.05, 3.63) is 41.3 Å². The lowest BCUT2D eigenvalue weighted by molar-refractivity contribution is 0.705. The number of hydrogen-bond acceptors (Lipinski definition) is 7. The standard InChI is InChI=1S/C20H21N7S/c1-12-15(11-27(2)26-12)14-9-17-16(21-10-14)7-8-18(22-17)23-20-25-24-19(28-20)13-5-3-4-6-13/h7-11,13H,3-6H2,1-2H3,(H,22,23,25). The number of hydrogen-bond donors (Lipinski definition) is 1. The third kappa shape index (κ3) is 3.24. The second-order valence-electron chi connectivity index (χ2n) is 7.31. The topological polar surface area (TPSA) is 81.4 Å². The second-order valence-corrected chi connectivity index (χ2v) is 8.32. The molecule has 0 saturated heterocycles. The maximum atomic E-state index is 4.74. The molecule has 4 aromatic heterocycles. The van der Waals surface area contributed by atoms with Gasteiger partial charge < -0.3 is 5.32 Å². The molecule has 0 atom stereocenters. The Morgan fingerprint density at radius 1 is 1.14 bits per heavy atom.